The summed E-state index contributed by atoms with van der Waals surface area (Å²) in [4.78, 5) is 0. The van der Waals surface area contributed by atoms with Gasteiger partial charge in [-0.2, -0.15) is 0 Å². The van der Waals surface area contributed by atoms with Crippen LogP contribution < -0.4 is 5.32 Å². The summed E-state index contributed by atoms with van der Waals surface area (Å²) in [5.74, 6) is 0.358. The van der Waals surface area contributed by atoms with Crippen molar-refractivity contribution in [2.45, 2.75) is 6.61 Å². The summed E-state index contributed by atoms with van der Waals surface area (Å²) in [6.07, 6.45) is 0. The van der Waals surface area contributed by atoms with E-state index in [1.54, 1.807) is 0 Å². The Morgan fingerprint density at radius 2 is 1.56 bits per heavy atom. The Morgan fingerprint density at radius 1 is 0.944 bits per heavy atom. The first-order valence-corrected chi connectivity index (χ1v) is 5.86. The molecule has 2 aromatic rings. The maximum Gasteiger partial charge on any atom is 0.124 e. The molecule has 0 fully saturated rings. The van der Waals surface area contributed by atoms with Gasteiger partial charge in [0.25, 0.3) is 0 Å². The van der Waals surface area contributed by atoms with Crippen molar-refractivity contribution < 1.29 is 4.74 Å². The maximum absolute atomic E-state index is 7.76. The number of ether oxygens (including phenoxy) is 1. The number of amidine groups is 1. The number of hydrogen-bond donors (Lipinski definition) is 2. The molecule has 2 aromatic carbocycles. The quantitative estimate of drug-likeness (QED) is 0.622. The molecule has 0 bridgehead atoms. The minimum absolute atomic E-state index is 0.282. The van der Waals surface area contributed by atoms with Crippen molar-refractivity contribution in [3.05, 3.63) is 66.2 Å². The van der Waals surface area contributed by atoms with Gasteiger partial charge in [-0.15, -0.1) is 0 Å². The van der Waals surface area contributed by atoms with Crippen LogP contribution in [0, 0.1) is 5.41 Å². The fourth-order valence-corrected chi connectivity index (χ4v) is 1.58. The fraction of sp³-hybridized carbons (Fsp3) is 0.133. The maximum atomic E-state index is 7.76. The van der Waals surface area contributed by atoms with E-state index in [1.807, 2.05) is 60.7 Å². The topological polar surface area (TPSA) is 45.1 Å². The highest BCUT2D eigenvalue weighted by atomic mass is 16.5. The van der Waals surface area contributed by atoms with E-state index < -0.39 is 0 Å². The van der Waals surface area contributed by atoms with Crippen molar-refractivity contribution in [1.82, 2.24) is 0 Å². The van der Waals surface area contributed by atoms with E-state index in [9.17, 15) is 0 Å². The molecular weight excluding hydrogens is 224 g/mol. The molecule has 0 saturated carbocycles. The van der Waals surface area contributed by atoms with E-state index in [1.165, 1.54) is 0 Å². The molecule has 0 aromatic heterocycles. The van der Waals surface area contributed by atoms with Crippen LogP contribution in [0.2, 0.25) is 0 Å². The second-order valence-corrected chi connectivity index (χ2v) is 3.95. The lowest BCUT2D eigenvalue weighted by Gasteiger charge is -2.08. The normalized spacial score (nSPS) is 10.0. The number of rotatable bonds is 5. The fourth-order valence-electron chi connectivity index (χ4n) is 1.58. The second kappa shape index (κ2) is 6.57. The first-order chi connectivity index (χ1) is 8.84. The average Bonchev–Trinajstić information content (AvgIpc) is 2.41. The lowest BCUT2D eigenvalue weighted by molar-refractivity contribution is 0.157. The summed E-state index contributed by atoms with van der Waals surface area (Å²) in [7, 11) is 0. The van der Waals surface area contributed by atoms with Crippen molar-refractivity contribution in [2.24, 2.45) is 0 Å². The van der Waals surface area contributed by atoms with Gasteiger partial charge in [0.1, 0.15) is 12.4 Å². The molecule has 3 heteroatoms. The van der Waals surface area contributed by atoms with Gasteiger partial charge < -0.3 is 10.1 Å². The van der Waals surface area contributed by atoms with E-state index in [0.29, 0.717) is 12.4 Å². The van der Waals surface area contributed by atoms with Crippen LogP contribution in [0.15, 0.2) is 60.7 Å². The Hall–Kier alpha value is -2.13. The zero-order valence-electron chi connectivity index (χ0n) is 10.1. The van der Waals surface area contributed by atoms with E-state index in [2.05, 4.69) is 5.32 Å². The third-order valence-corrected chi connectivity index (χ3v) is 2.43. The number of para-hydroxylation sites is 1. The standard InChI is InChI=1S/C15H16N2O/c16-15(17-14-9-5-2-6-10-14)12-18-11-13-7-3-1-4-8-13/h1-10H,11-12H2,(H2,16,17). The predicted molar refractivity (Wildman–Crippen MR) is 73.9 cm³/mol. The van der Waals surface area contributed by atoms with Gasteiger partial charge in [0.05, 0.1) is 6.61 Å². The molecule has 0 aliphatic carbocycles. The molecule has 0 amide bonds. The molecule has 2 N–H and O–H groups in total. The smallest absolute Gasteiger partial charge is 0.124 e. The molecule has 0 heterocycles. The van der Waals surface area contributed by atoms with Crippen LogP contribution in [0.1, 0.15) is 5.56 Å². The van der Waals surface area contributed by atoms with Gasteiger partial charge in [0, 0.05) is 5.69 Å². The van der Waals surface area contributed by atoms with Crippen LogP contribution in [0.4, 0.5) is 5.69 Å². The van der Waals surface area contributed by atoms with Crippen LogP contribution in [-0.2, 0) is 11.3 Å². The van der Waals surface area contributed by atoms with E-state index in [-0.39, 0.29) is 6.61 Å². The number of nitrogens with one attached hydrogen (secondary N) is 2. The molecule has 0 atom stereocenters. The predicted octanol–water partition coefficient (Wildman–Crippen LogP) is 3.29. The molecule has 0 radical (unpaired) electrons. The summed E-state index contributed by atoms with van der Waals surface area (Å²) in [5, 5.41) is 10.7. The molecule has 0 saturated heterocycles. The molecule has 0 spiro atoms. The average molecular weight is 240 g/mol. The van der Waals surface area contributed by atoms with Gasteiger partial charge in [-0.25, -0.2) is 0 Å². The van der Waals surface area contributed by atoms with Crippen LogP contribution in [0.5, 0.6) is 0 Å². The van der Waals surface area contributed by atoms with Gasteiger partial charge in [-0.3, -0.25) is 5.41 Å². The molecule has 92 valence electrons. The van der Waals surface area contributed by atoms with Gasteiger partial charge in [-0.05, 0) is 17.7 Å². The van der Waals surface area contributed by atoms with Crippen LogP contribution >= 0.6 is 0 Å². The van der Waals surface area contributed by atoms with Gasteiger partial charge in [0.2, 0.25) is 0 Å². The monoisotopic (exact) mass is 240 g/mol. The SMILES string of the molecule is N=C(COCc1ccccc1)Nc1ccccc1. The number of anilines is 1. The first-order valence-electron chi connectivity index (χ1n) is 5.86. The van der Waals surface area contributed by atoms with E-state index >= 15 is 0 Å². The Kier molecular flexibility index (Phi) is 4.50. The van der Waals surface area contributed by atoms with E-state index in [4.69, 9.17) is 10.1 Å². The third-order valence-electron chi connectivity index (χ3n) is 2.43. The molecular formula is C15H16N2O. The Morgan fingerprint density at radius 3 is 2.22 bits per heavy atom. The number of benzene rings is 2. The van der Waals surface area contributed by atoms with Crippen molar-refractivity contribution in [3.8, 4) is 0 Å². The number of hydrogen-bond acceptors (Lipinski definition) is 2. The summed E-state index contributed by atoms with van der Waals surface area (Å²) in [6.45, 7) is 0.809. The third kappa shape index (κ3) is 4.03. The lowest BCUT2D eigenvalue weighted by Crippen LogP contribution is -2.17. The molecule has 3 nitrogen and oxygen atoms in total. The highest BCUT2D eigenvalue weighted by molar-refractivity contribution is 5.93. The summed E-state index contributed by atoms with van der Waals surface area (Å²) in [6, 6.07) is 19.6. The largest absolute Gasteiger partial charge is 0.369 e. The van der Waals surface area contributed by atoms with Gasteiger partial charge >= 0.3 is 0 Å². The van der Waals surface area contributed by atoms with Gasteiger partial charge in [-0.1, -0.05) is 48.5 Å². The summed E-state index contributed by atoms with van der Waals surface area (Å²) < 4.78 is 5.47. The molecule has 2 rings (SSSR count). The Bertz CT molecular complexity index is 482. The molecule has 18 heavy (non-hydrogen) atoms. The van der Waals surface area contributed by atoms with Crippen molar-refractivity contribution in [3.63, 3.8) is 0 Å². The first kappa shape index (κ1) is 12.3. The minimum Gasteiger partial charge on any atom is -0.369 e. The lowest BCUT2D eigenvalue weighted by atomic mass is 10.2. The van der Waals surface area contributed by atoms with E-state index in [0.717, 1.165) is 11.3 Å². The van der Waals surface area contributed by atoms with Gasteiger partial charge in [0.15, 0.2) is 0 Å². The zero-order valence-corrected chi connectivity index (χ0v) is 10.1. The Balaban J connectivity index is 1.73. The Labute approximate surface area is 107 Å². The highest BCUT2D eigenvalue weighted by Gasteiger charge is 1.98. The summed E-state index contributed by atoms with van der Waals surface area (Å²) >= 11 is 0. The van der Waals surface area contributed by atoms with Crippen molar-refractivity contribution in [2.75, 3.05) is 11.9 Å². The highest BCUT2D eigenvalue weighted by Crippen LogP contribution is 2.05. The molecule has 0 aliphatic heterocycles. The van der Waals surface area contributed by atoms with Crippen LogP contribution in [0.25, 0.3) is 0 Å². The van der Waals surface area contributed by atoms with Crippen molar-refractivity contribution in [1.29, 1.82) is 5.41 Å². The zero-order chi connectivity index (χ0) is 12.6. The van der Waals surface area contributed by atoms with Crippen molar-refractivity contribution >= 4 is 11.5 Å². The minimum atomic E-state index is 0.282. The van der Waals surface area contributed by atoms with Crippen LogP contribution in [0.3, 0.4) is 0 Å². The second-order valence-electron chi connectivity index (χ2n) is 3.95. The molecule has 0 aliphatic rings. The summed E-state index contributed by atoms with van der Waals surface area (Å²) in [5.41, 5.74) is 2.02. The molecule has 0 unspecified atom stereocenters. The van der Waals surface area contributed by atoms with Crippen LogP contribution in [-0.4, -0.2) is 12.4 Å².